The summed E-state index contributed by atoms with van der Waals surface area (Å²) in [5.41, 5.74) is -0.710. The third-order valence-electron chi connectivity index (χ3n) is 2.84. The lowest BCUT2D eigenvalue weighted by atomic mass is 10.3. The highest BCUT2D eigenvalue weighted by molar-refractivity contribution is 5.25. The van der Waals surface area contributed by atoms with Crippen molar-refractivity contribution in [2.75, 3.05) is 6.61 Å². The molecule has 0 aliphatic carbocycles. The van der Waals surface area contributed by atoms with Gasteiger partial charge < -0.3 is 14.4 Å². The van der Waals surface area contributed by atoms with Gasteiger partial charge in [0, 0.05) is 12.1 Å². The van der Waals surface area contributed by atoms with Gasteiger partial charge in [0.1, 0.15) is 24.3 Å². The second-order valence-corrected chi connectivity index (χ2v) is 4.55. The first-order chi connectivity index (χ1) is 10.5. The molecule has 0 saturated carbocycles. The Bertz CT molecular complexity index is 714. The van der Waals surface area contributed by atoms with Crippen molar-refractivity contribution in [2.24, 2.45) is 0 Å². The molecule has 1 heterocycles. The molecule has 2 aromatic rings. The molecule has 1 aromatic carbocycles. The number of aliphatic hydroxyl groups excluding tert-OH is 1. The molecule has 0 aliphatic rings. The molecule has 0 aliphatic heterocycles. The molecule has 0 saturated heterocycles. The van der Waals surface area contributed by atoms with E-state index in [9.17, 15) is 24.4 Å². The van der Waals surface area contributed by atoms with Crippen molar-refractivity contribution in [3.63, 3.8) is 0 Å². The van der Waals surface area contributed by atoms with Gasteiger partial charge in [-0.05, 0) is 24.3 Å². The number of aliphatic hydroxyl groups is 1. The topological polar surface area (TPSA) is 94.6 Å². The zero-order chi connectivity index (χ0) is 16.1. The zero-order valence-electron chi connectivity index (χ0n) is 11.4. The van der Waals surface area contributed by atoms with Crippen LogP contribution in [0.15, 0.2) is 47.4 Å². The number of nitro groups is 1. The summed E-state index contributed by atoms with van der Waals surface area (Å²) in [4.78, 5) is 21.6. The highest BCUT2D eigenvalue weighted by atomic mass is 19.1. The standard InChI is InChI=1S/C14H13FN2O5/c15-10-1-4-13(5-2-10)22-9-12(18)8-16-7-11(17(20)21)3-6-14(16)19/h1-7,12,18H,8-9H2. The minimum atomic E-state index is -1.05. The Morgan fingerprint density at radius 2 is 1.95 bits per heavy atom. The lowest BCUT2D eigenvalue weighted by molar-refractivity contribution is -0.385. The maximum absolute atomic E-state index is 12.7. The van der Waals surface area contributed by atoms with Crippen molar-refractivity contribution >= 4 is 5.69 Å². The van der Waals surface area contributed by atoms with E-state index in [0.29, 0.717) is 5.75 Å². The van der Waals surface area contributed by atoms with Crippen molar-refractivity contribution in [3.8, 4) is 5.75 Å². The molecule has 0 amide bonds. The Morgan fingerprint density at radius 1 is 1.27 bits per heavy atom. The number of nitrogens with zero attached hydrogens (tertiary/aromatic N) is 2. The first kappa shape index (κ1) is 15.6. The minimum absolute atomic E-state index is 0.138. The molecule has 0 spiro atoms. The van der Waals surface area contributed by atoms with Gasteiger partial charge in [0.05, 0.1) is 17.7 Å². The fraction of sp³-hybridized carbons (Fsp3) is 0.214. The van der Waals surface area contributed by atoms with E-state index in [1.165, 1.54) is 24.3 Å². The summed E-state index contributed by atoms with van der Waals surface area (Å²) in [6.07, 6.45) is 0.00782. The van der Waals surface area contributed by atoms with Crippen LogP contribution in [0.4, 0.5) is 10.1 Å². The van der Waals surface area contributed by atoms with Crippen LogP contribution in [0.3, 0.4) is 0 Å². The molecule has 116 valence electrons. The van der Waals surface area contributed by atoms with Gasteiger partial charge >= 0.3 is 0 Å². The predicted molar refractivity (Wildman–Crippen MR) is 75.3 cm³/mol. The summed E-state index contributed by atoms with van der Waals surface area (Å²) in [5, 5.41) is 20.5. The summed E-state index contributed by atoms with van der Waals surface area (Å²) >= 11 is 0. The van der Waals surface area contributed by atoms with Gasteiger partial charge in [0.25, 0.3) is 11.2 Å². The van der Waals surface area contributed by atoms with Crippen LogP contribution in [0.2, 0.25) is 0 Å². The highest BCUT2D eigenvalue weighted by Gasteiger charge is 2.12. The quantitative estimate of drug-likeness (QED) is 0.642. The molecule has 1 aromatic heterocycles. The molecule has 7 nitrogen and oxygen atoms in total. The molecule has 22 heavy (non-hydrogen) atoms. The van der Waals surface area contributed by atoms with Gasteiger partial charge in [-0.2, -0.15) is 0 Å². The van der Waals surface area contributed by atoms with Gasteiger partial charge in [0.2, 0.25) is 0 Å². The number of halogens is 1. The molecule has 2 rings (SSSR count). The monoisotopic (exact) mass is 308 g/mol. The second-order valence-electron chi connectivity index (χ2n) is 4.55. The largest absolute Gasteiger partial charge is 0.491 e. The van der Waals surface area contributed by atoms with Gasteiger partial charge in [-0.3, -0.25) is 14.9 Å². The first-order valence-electron chi connectivity index (χ1n) is 6.37. The van der Waals surface area contributed by atoms with E-state index in [1.54, 1.807) is 0 Å². The maximum Gasteiger partial charge on any atom is 0.285 e. The van der Waals surface area contributed by atoms with E-state index in [2.05, 4.69) is 0 Å². The first-order valence-corrected chi connectivity index (χ1v) is 6.37. The van der Waals surface area contributed by atoms with Crippen molar-refractivity contribution in [1.82, 2.24) is 4.57 Å². The predicted octanol–water partition coefficient (Wildman–Crippen LogP) is 1.34. The van der Waals surface area contributed by atoms with Crippen LogP contribution in [0.1, 0.15) is 0 Å². The third-order valence-corrected chi connectivity index (χ3v) is 2.84. The Labute approximate surface area is 124 Å². The third kappa shape index (κ3) is 4.13. The lowest BCUT2D eigenvalue weighted by Crippen LogP contribution is -2.29. The summed E-state index contributed by atoms with van der Waals surface area (Å²) in [7, 11) is 0. The number of pyridine rings is 1. The Morgan fingerprint density at radius 3 is 2.59 bits per heavy atom. The van der Waals surface area contributed by atoms with Crippen molar-refractivity contribution in [3.05, 3.63) is 68.9 Å². The Kier molecular flexibility index (Phi) is 4.84. The zero-order valence-corrected chi connectivity index (χ0v) is 11.4. The summed E-state index contributed by atoms with van der Waals surface area (Å²) in [5.74, 6) is -0.0390. The second kappa shape index (κ2) is 6.81. The van der Waals surface area contributed by atoms with Crippen LogP contribution in [0.25, 0.3) is 0 Å². The average Bonchev–Trinajstić information content (AvgIpc) is 2.48. The van der Waals surface area contributed by atoms with E-state index >= 15 is 0 Å². The fourth-order valence-electron chi connectivity index (χ4n) is 1.77. The van der Waals surface area contributed by atoms with Crippen molar-refractivity contribution < 1.29 is 19.2 Å². The SMILES string of the molecule is O=c1ccc([N+](=O)[O-])cn1CC(O)COc1ccc(F)cc1. The minimum Gasteiger partial charge on any atom is -0.491 e. The molecular formula is C14H13FN2O5. The van der Waals surface area contributed by atoms with Gasteiger partial charge in [0.15, 0.2) is 0 Å². The van der Waals surface area contributed by atoms with Gasteiger partial charge in [-0.25, -0.2) is 4.39 Å². The van der Waals surface area contributed by atoms with E-state index < -0.39 is 22.4 Å². The van der Waals surface area contributed by atoms with Crippen molar-refractivity contribution in [1.29, 1.82) is 0 Å². The molecular weight excluding hydrogens is 295 g/mol. The lowest BCUT2D eigenvalue weighted by Gasteiger charge is -2.13. The van der Waals surface area contributed by atoms with Crippen LogP contribution in [0, 0.1) is 15.9 Å². The van der Waals surface area contributed by atoms with Crippen LogP contribution in [-0.2, 0) is 6.54 Å². The Hall–Kier alpha value is -2.74. The highest BCUT2D eigenvalue weighted by Crippen LogP contribution is 2.12. The maximum atomic E-state index is 12.7. The average molecular weight is 308 g/mol. The van der Waals surface area contributed by atoms with Crippen LogP contribution in [-0.4, -0.2) is 27.3 Å². The molecule has 0 bridgehead atoms. The molecule has 8 heteroatoms. The van der Waals surface area contributed by atoms with Crippen LogP contribution < -0.4 is 10.3 Å². The van der Waals surface area contributed by atoms with Gasteiger partial charge in [-0.1, -0.05) is 0 Å². The fourth-order valence-corrected chi connectivity index (χ4v) is 1.77. The van der Waals surface area contributed by atoms with E-state index in [4.69, 9.17) is 4.74 Å². The summed E-state index contributed by atoms with van der Waals surface area (Å²) in [6, 6.07) is 7.40. The number of rotatable bonds is 6. The molecule has 0 radical (unpaired) electrons. The van der Waals surface area contributed by atoms with Crippen LogP contribution in [0.5, 0.6) is 5.75 Å². The summed E-state index contributed by atoms with van der Waals surface area (Å²) in [6.45, 7) is -0.289. The summed E-state index contributed by atoms with van der Waals surface area (Å²) < 4.78 is 19.0. The van der Waals surface area contributed by atoms with Crippen LogP contribution >= 0.6 is 0 Å². The van der Waals surface area contributed by atoms with Crippen molar-refractivity contribution in [2.45, 2.75) is 12.6 Å². The van der Waals surface area contributed by atoms with Gasteiger partial charge in [-0.15, -0.1) is 0 Å². The normalized spacial score (nSPS) is 11.9. The number of hydrogen-bond acceptors (Lipinski definition) is 5. The smallest absolute Gasteiger partial charge is 0.285 e. The molecule has 1 N–H and O–H groups in total. The number of ether oxygens (including phenoxy) is 1. The number of aromatic nitrogens is 1. The van der Waals surface area contributed by atoms with E-state index in [-0.39, 0.29) is 18.8 Å². The Balaban J connectivity index is 1.98. The molecule has 0 fully saturated rings. The number of hydrogen-bond donors (Lipinski definition) is 1. The molecule has 1 atom stereocenters. The number of benzene rings is 1. The van der Waals surface area contributed by atoms with E-state index in [0.717, 1.165) is 22.9 Å². The molecule has 1 unspecified atom stereocenters. The van der Waals surface area contributed by atoms with E-state index in [1.807, 2.05) is 0 Å².